The van der Waals surface area contributed by atoms with E-state index < -0.39 is 0 Å². The SMILES string of the molecule is CCC(C)(C)c1ccc(C(=O)Oc2cc(C(C)(C)C)c(O)c(C(C)(C)C)c2)c(C(C)(C)C)c1. The van der Waals surface area contributed by atoms with Crippen LogP contribution in [0.5, 0.6) is 11.5 Å². The number of benzene rings is 2. The number of hydrogen-bond acceptors (Lipinski definition) is 3. The number of esters is 1. The topological polar surface area (TPSA) is 46.5 Å². The van der Waals surface area contributed by atoms with E-state index in [9.17, 15) is 9.90 Å². The molecule has 0 bridgehead atoms. The fourth-order valence-corrected chi connectivity index (χ4v) is 3.94. The molecule has 3 nitrogen and oxygen atoms in total. The number of hydrogen-bond donors (Lipinski definition) is 1. The Morgan fingerprint density at radius 2 is 1.21 bits per heavy atom. The van der Waals surface area contributed by atoms with Crippen LogP contribution in [-0.4, -0.2) is 11.1 Å². The highest BCUT2D eigenvalue weighted by Crippen LogP contribution is 2.42. The molecular formula is C30H44O3. The summed E-state index contributed by atoms with van der Waals surface area (Å²) in [5.74, 6) is 0.369. The quantitative estimate of drug-likeness (QED) is 0.376. The van der Waals surface area contributed by atoms with Gasteiger partial charge in [0.1, 0.15) is 11.5 Å². The van der Waals surface area contributed by atoms with E-state index in [1.165, 1.54) is 5.56 Å². The third-order valence-corrected chi connectivity index (χ3v) is 6.62. The number of phenolic OH excluding ortho intramolecular Hbond substituents is 1. The number of carbonyl (C=O) groups excluding carboxylic acids is 1. The molecule has 0 fully saturated rings. The lowest BCUT2D eigenvalue weighted by atomic mass is 9.76. The van der Waals surface area contributed by atoms with Crippen LogP contribution in [0.4, 0.5) is 0 Å². The number of rotatable bonds is 4. The molecule has 0 saturated carbocycles. The minimum absolute atomic E-state index is 0.0304. The van der Waals surface area contributed by atoms with E-state index in [-0.39, 0.29) is 33.4 Å². The number of carbonyl (C=O) groups is 1. The Bertz CT molecular complexity index is 987. The summed E-state index contributed by atoms with van der Waals surface area (Å²) in [6, 6.07) is 9.72. The molecule has 0 saturated heterocycles. The summed E-state index contributed by atoms with van der Waals surface area (Å²) in [6.07, 6.45) is 1.01. The van der Waals surface area contributed by atoms with Gasteiger partial charge in [-0.05, 0) is 57.4 Å². The highest BCUT2D eigenvalue weighted by atomic mass is 16.5. The van der Waals surface area contributed by atoms with Crippen LogP contribution in [0.3, 0.4) is 0 Å². The van der Waals surface area contributed by atoms with Gasteiger partial charge >= 0.3 is 5.97 Å². The van der Waals surface area contributed by atoms with Gasteiger partial charge in [-0.1, -0.05) is 95.2 Å². The van der Waals surface area contributed by atoms with Gasteiger partial charge < -0.3 is 9.84 Å². The van der Waals surface area contributed by atoms with Crippen LogP contribution in [0.1, 0.15) is 122 Å². The summed E-state index contributed by atoms with van der Waals surface area (Å²) in [6.45, 7) is 25.3. The molecule has 2 aromatic rings. The first-order chi connectivity index (χ1) is 14.8. The van der Waals surface area contributed by atoms with Gasteiger partial charge in [-0.3, -0.25) is 0 Å². The maximum Gasteiger partial charge on any atom is 0.343 e. The van der Waals surface area contributed by atoms with Gasteiger partial charge in [-0.2, -0.15) is 0 Å². The zero-order chi connectivity index (χ0) is 25.6. The zero-order valence-corrected chi connectivity index (χ0v) is 22.9. The molecule has 1 N–H and O–H groups in total. The highest BCUT2D eigenvalue weighted by molar-refractivity contribution is 5.93. The van der Waals surface area contributed by atoms with Crippen molar-refractivity contribution in [2.24, 2.45) is 0 Å². The van der Waals surface area contributed by atoms with Crippen molar-refractivity contribution in [2.75, 3.05) is 0 Å². The molecule has 0 unspecified atom stereocenters. The van der Waals surface area contributed by atoms with E-state index in [1.807, 2.05) is 53.7 Å². The Labute approximate surface area is 201 Å². The predicted octanol–water partition coefficient (Wildman–Crippen LogP) is 8.19. The first kappa shape index (κ1) is 27.0. The largest absolute Gasteiger partial charge is 0.507 e. The van der Waals surface area contributed by atoms with Crippen LogP contribution in [0.2, 0.25) is 0 Å². The van der Waals surface area contributed by atoms with Crippen molar-refractivity contribution in [1.82, 2.24) is 0 Å². The summed E-state index contributed by atoms with van der Waals surface area (Å²) < 4.78 is 5.96. The minimum Gasteiger partial charge on any atom is -0.507 e. The predicted molar refractivity (Wildman–Crippen MR) is 139 cm³/mol. The lowest BCUT2D eigenvalue weighted by Crippen LogP contribution is -2.23. The first-order valence-corrected chi connectivity index (χ1v) is 12.0. The molecule has 2 aromatic carbocycles. The van der Waals surface area contributed by atoms with Crippen LogP contribution in [-0.2, 0) is 21.7 Å². The normalized spacial score (nSPS) is 13.2. The average molecular weight is 453 g/mol. The molecule has 0 atom stereocenters. The van der Waals surface area contributed by atoms with Crippen LogP contribution in [0.15, 0.2) is 30.3 Å². The van der Waals surface area contributed by atoms with Crippen molar-refractivity contribution in [3.05, 3.63) is 58.1 Å². The summed E-state index contributed by atoms with van der Waals surface area (Å²) in [5, 5.41) is 11.0. The molecule has 0 heterocycles. The van der Waals surface area contributed by atoms with E-state index in [0.717, 1.165) is 23.1 Å². The number of phenols is 1. The molecule has 0 amide bonds. The highest BCUT2D eigenvalue weighted by Gasteiger charge is 2.30. The first-order valence-electron chi connectivity index (χ1n) is 12.0. The second kappa shape index (κ2) is 8.81. The summed E-state index contributed by atoms with van der Waals surface area (Å²) in [4.78, 5) is 13.4. The maximum absolute atomic E-state index is 13.4. The molecule has 0 aromatic heterocycles. The van der Waals surface area contributed by atoms with Crippen molar-refractivity contribution < 1.29 is 14.6 Å². The molecule has 0 aliphatic heterocycles. The molecule has 0 spiro atoms. The van der Waals surface area contributed by atoms with Crippen molar-refractivity contribution >= 4 is 5.97 Å². The Hall–Kier alpha value is -2.29. The fourth-order valence-electron chi connectivity index (χ4n) is 3.94. The van der Waals surface area contributed by atoms with Gasteiger partial charge in [0, 0.05) is 11.1 Å². The third-order valence-electron chi connectivity index (χ3n) is 6.62. The maximum atomic E-state index is 13.4. The van der Waals surface area contributed by atoms with Crippen molar-refractivity contribution in [3.63, 3.8) is 0 Å². The summed E-state index contributed by atoms with van der Waals surface area (Å²) >= 11 is 0. The van der Waals surface area contributed by atoms with E-state index in [4.69, 9.17) is 4.74 Å². The Morgan fingerprint density at radius 3 is 1.61 bits per heavy atom. The molecule has 0 aliphatic rings. The van der Waals surface area contributed by atoms with E-state index in [0.29, 0.717) is 11.3 Å². The lowest BCUT2D eigenvalue weighted by molar-refractivity contribution is 0.0731. The number of aromatic hydroxyl groups is 1. The average Bonchev–Trinajstić information content (AvgIpc) is 2.66. The van der Waals surface area contributed by atoms with E-state index in [2.05, 4.69) is 47.6 Å². The molecule has 0 radical (unpaired) electrons. The molecule has 3 heteroatoms. The van der Waals surface area contributed by atoms with Gasteiger partial charge in [-0.15, -0.1) is 0 Å². The summed E-state index contributed by atoms with van der Waals surface area (Å²) in [5.41, 5.74) is 3.56. The molecular weight excluding hydrogens is 408 g/mol. The van der Waals surface area contributed by atoms with Crippen molar-refractivity contribution in [2.45, 2.75) is 111 Å². The van der Waals surface area contributed by atoms with Gasteiger partial charge in [0.15, 0.2) is 0 Å². The smallest absolute Gasteiger partial charge is 0.343 e. The standard InChI is InChI=1S/C30H44O3/c1-13-30(11,12)19-14-15-21(22(16-19)27(2,3)4)26(32)33-20-17-23(28(5,6)7)25(31)24(18-20)29(8,9)10/h14-18,31H,13H2,1-12H3. The Morgan fingerprint density at radius 1 is 0.758 bits per heavy atom. The van der Waals surface area contributed by atoms with Crippen LogP contribution in [0, 0.1) is 0 Å². The van der Waals surface area contributed by atoms with Gasteiger partial charge in [0.05, 0.1) is 5.56 Å². The summed E-state index contributed by atoms with van der Waals surface area (Å²) in [7, 11) is 0. The van der Waals surface area contributed by atoms with Gasteiger partial charge in [0.25, 0.3) is 0 Å². The van der Waals surface area contributed by atoms with Gasteiger partial charge in [-0.25, -0.2) is 4.79 Å². The second-order valence-corrected chi connectivity index (χ2v) is 13.0. The Balaban J connectivity index is 2.61. The monoisotopic (exact) mass is 452 g/mol. The molecule has 2 rings (SSSR count). The fraction of sp³-hybridized carbons (Fsp3) is 0.567. The molecule has 0 aliphatic carbocycles. The molecule has 182 valence electrons. The zero-order valence-electron chi connectivity index (χ0n) is 22.9. The second-order valence-electron chi connectivity index (χ2n) is 13.0. The van der Waals surface area contributed by atoms with Crippen molar-refractivity contribution in [3.8, 4) is 11.5 Å². The van der Waals surface area contributed by atoms with Crippen LogP contribution in [0.25, 0.3) is 0 Å². The minimum atomic E-state index is -0.369. The lowest BCUT2D eigenvalue weighted by Gasteiger charge is -2.29. The molecule has 33 heavy (non-hydrogen) atoms. The van der Waals surface area contributed by atoms with E-state index in [1.54, 1.807) is 12.1 Å². The van der Waals surface area contributed by atoms with E-state index >= 15 is 0 Å². The Kier molecular flexibility index (Phi) is 7.20. The third kappa shape index (κ3) is 5.99. The number of ether oxygens (including phenoxy) is 1. The van der Waals surface area contributed by atoms with Crippen molar-refractivity contribution in [1.29, 1.82) is 0 Å². The van der Waals surface area contributed by atoms with Crippen LogP contribution >= 0.6 is 0 Å². The van der Waals surface area contributed by atoms with Crippen LogP contribution < -0.4 is 4.74 Å². The van der Waals surface area contributed by atoms with Gasteiger partial charge in [0.2, 0.25) is 0 Å².